The Hall–Kier alpha value is -7.56. The van der Waals surface area contributed by atoms with Crippen LogP contribution in [-0.2, 0) is 5.41 Å². The van der Waals surface area contributed by atoms with Crippen molar-refractivity contribution in [2.75, 3.05) is 0 Å². The van der Waals surface area contributed by atoms with E-state index < -0.39 is 5.41 Å². The van der Waals surface area contributed by atoms with Gasteiger partial charge in [0.15, 0.2) is 28.8 Å². The normalized spacial score (nSPS) is 13.0. The number of nitrogens with zero attached hydrogens (tertiary/aromatic N) is 2. The molecule has 0 N–H and O–H groups in total. The molecule has 1 aliphatic carbocycles. The fourth-order valence-electron chi connectivity index (χ4n) is 8.65. The zero-order chi connectivity index (χ0) is 37.8. The van der Waals surface area contributed by atoms with E-state index in [4.69, 9.17) is 19.4 Å². The number of aromatic nitrogens is 2. The van der Waals surface area contributed by atoms with Gasteiger partial charge >= 0.3 is 0 Å². The summed E-state index contributed by atoms with van der Waals surface area (Å²) < 4.78 is 13.6. The standard InChI is InChI=1S/C53H34N2O2/c1-5-15-36(16-6-1)45-34-46(55-52(54-45)38-17-7-2-8-18-38)37-27-25-35(26-28-37)39-29-31-47-49(33-39)57-51-48(56-47)32-30-44-50(51)42-23-13-14-24-43(42)53(44,40-19-9-3-10-20-40)41-21-11-4-12-22-41/h1-34H. The van der Waals surface area contributed by atoms with E-state index >= 15 is 0 Å². The van der Waals surface area contributed by atoms with E-state index in [0.29, 0.717) is 23.1 Å². The van der Waals surface area contributed by atoms with Gasteiger partial charge in [-0.15, -0.1) is 0 Å². The third-order valence-corrected chi connectivity index (χ3v) is 11.3. The van der Waals surface area contributed by atoms with Crippen LogP contribution in [0.1, 0.15) is 22.3 Å². The predicted octanol–water partition coefficient (Wildman–Crippen LogP) is 13.4. The topological polar surface area (TPSA) is 44.2 Å². The molecule has 4 nitrogen and oxygen atoms in total. The van der Waals surface area contributed by atoms with Crippen LogP contribution in [0.3, 0.4) is 0 Å². The molecule has 11 rings (SSSR count). The number of hydrogen-bond donors (Lipinski definition) is 0. The van der Waals surface area contributed by atoms with Crippen LogP contribution in [0.25, 0.3) is 56.2 Å². The maximum absolute atomic E-state index is 6.97. The van der Waals surface area contributed by atoms with Crippen molar-refractivity contribution >= 4 is 0 Å². The molecule has 0 atom stereocenters. The smallest absolute Gasteiger partial charge is 0.178 e. The lowest BCUT2D eigenvalue weighted by Crippen LogP contribution is -2.28. The summed E-state index contributed by atoms with van der Waals surface area (Å²) in [7, 11) is 0. The number of fused-ring (bicyclic) bond motifs is 6. The van der Waals surface area contributed by atoms with Crippen LogP contribution < -0.4 is 9.47 Å². The van der Waals surface area contributed by atoms with Gasteiger partial charge in [-0.25, -0.2) is 9.97 Å². The van der Waals surface area contributed by atoms with Crippen molar-refractivity contribution in [2.45, 2.75) is 5.41 Å². The van der Waals surface area contributed by atoms with Crippen LogP contribution in [-0.4, -0.2) is 9.97 Å². The Labute approximate surface area is 331 Å². The molecule has 268 valence electrons. The summed E-state index contributed by atoms with van der Waals surface area (Å²) in [5.41, 5.74) is 13.4. The van der Waals surface area contributed by atoms with Gasteiger partial charge in [-0.05, 0) is 63.2 Å². The van der Waals surface area contributed by atoms with Crippen molar-refractivity contribution < 1.29 is 9.47 Å². The van der Waals surface area contributed by atoms with Gasteiger partial charge in [-0.3, -0.25) is 0 Å². The molecule has 1 aromatic heterocycles. The monoisotopic (exact) mass is 730 g/mol. The third kappa shape index (κ3) is 5.37. The van der Waals surface area contributed by atoms with Crippen LogP contribution in [0.5, 0.6) is 23.0 Å². The lowest BCUT2D eigenvalue weighted by Gasteiger charge is -2.34. The molecule has 0 unspecified atom stereocenters. The van der Waals surface area contributed by atoms with Gasteiger partial charge in [-0.2, -0.15) is 0 Å². The van der Waals surface area contributed by atoms with Crippen molar-refractivity contribution in [1.29, 1.82) is 0 Å². The molecule has 8 aromatic carbocycles. The van der Waals surface area contributed by atoms with Crippen LogP contribution in [0.15, 0.2) is 206 Å². The number of benzene rings is 8. The molecule has 0 saturated carbocycles. The molecule has 0 bridgehead atoms. The second-order valence-corrected chi connectivity index (χ2v) is 14.5. The van der Waals surface area contributed by atoms with Gasteiger partial charge in [0.05, 0.1) is 16.8 Å². The Bertz CT molecular complexity index is 2830. The first-order valence-corrected chi connectivity index (χ1v) is 19.2. The van der Waals surface area contributed by atoms with E-state index in [1.807, 2.05) is 54.6 Å². The van der Waals surface area contributed by atoms with Crippen molar-refractivity contribution in [1.82, 2.24) is 9.97 Å². The molecule has 9 aromatic rings. The maximum Gasteiger partial charge on any atom is 0.178 e. The second-order valence-electron chi connectivity index (χ2n) is 14.5. The largest absolute Gasteiger partial charge is 0.449 e. The average Bonchev–Trinajstić information content (AvgIpc) is 3.61. The number of hydrogen-bond acceptors (Lipinski definition) is 4. The summed E-state index contributed by atoms with van der Waals surface area (Å²) >= 11 is 0. The third-order valence-electron chi connectivity index (χ3n) is 11.3. The van der Waals surface area contributed by atoms with Gasteiger partial charge in [-0.1, -0.05) is 182 Å². The second kappa shape index (κ2) is 13.3. The van der Waals surface area contributed by atoms with E-state index in [1.165, 1.54) is 22.3 Å². The van der Waals surface area contributed by atoms with E-state index in [9.17, 15) is 0 Å². The molecule has 0 fully saturated rings. The Balaban J connectivity index is 0.976. The number of rotatable bonds is 6. The Morgan fingerprint density at radius 3 is 1.54 bits per heavy atom. The van der Waals surface area contributed by atoms with Crippen molar-refractivity contribution in [2.24, 2.45) is 0 Å². The maximum atomic E-state index is 6.97. The molecule has 0 radical (unpaired) electrons. The highest BCUT2D eigenvalue weighted by atomic mass is 16.6. The molecule has 2 heterocycles. The molecule has 57 heavy (non-hydrogen) atoms. The molecule has 4 heteroatoms. The molecule has 2 aliphatic rings. The zero-order valence-electron chi connectivity index (χ0n) is 30.8. The first-order chi connectivity index (χ1) is 28.2. The summed E-state index contributed by atoms with van der Waals surface area (Å²) in [5, 5.41) is 0. The highest BCUT2D eigenvalue weighted by Gasteiger charge is 2.48. The Morgan fingerprint density at radius 2 is 0.877 bits per heavy atom. The molecular formula is C53H34N2O2. The number of ether oxygens (including phenoxy) is 2. The molecule has 1 aliphatic heterocycles. The van der Waals surface area contributed by atoms with Crippen molar-refractivity contribution in [3.63, 3.8) is 0 Å². The minimum atomic E-state index is -0.524. The van der Waals surface area contributed by atoms with Crippen LogP contribution in [0, 0.1) is 0 Å². The van der Waals surface area contributed by atoms with E-state index in [0.717, 1.165) is 56.1 Å². The molecule has 0 amide bonds. The zero-order valence-corrected chi connectivity index (χ0v) is 30.8. The van der Waals surface area contributed by atoms with Crippen LogP contribution >= 0.6 is 0 Å². The SMILES string of the molecule is c1ccc(-c2cc(-c3ccc(-c4ccc5c(c4)Oc4c(ccc6c4-c4ccccc4C6(c4ccccc4)c4ccccc4)O5)cc3)nc(-c3ccccc3)n2)cc1. The Morgan fingerprint density at radius 1 is 0.351 bits per heavy atom. The quantitative estimate of drug-likeness (QED) is 0.171. The van der Waals surface area contributed by atoms with E-state index in [1.54, 1.807) is 0 Å². The summed E-state index contributed by atoms with van der Waals surface area (Å²) in [6.07, 6.45) is 0. The van der Waals surface area contributed by atoms with Crippen LogP contribution in [0.4, 0.5) is 0 Å². The first-order valence-electron chi connectivity index (χ1n) is 19.2. The van der Waals surface area contributed by atoms with Crippen LogP contribution in [0.2, 0.25) is 0 Å². The molecule has 0 saturated heterocycles. The summed E-state index contributed by atoms with van der Waals surface area (Å²) in [6.45, 7) is 0. The lowest BCUT2D eigenvalue weighted by molar-refractivity contribution is 0.360. The lowest BCUT2D eigenvalue weighted by atomic mass is 9.68. The Kier molecular flexibility index (Phi) is 7.68. The molecule has 0 spiro atoms. The van der Waals surface area contributed by atoms with Gasteiger partial charge in [0.2, 0.25) is 0 Å². The van der Waals surface area contributed by atoms with Crippen molar-refractivity contribution in [3.8, 4) is 79.2 Å². The fraction of sp³-hybridized carbons (Fsp3) is 0.0189. The highest BCUT2D eigenvalue weighted by molar-refractivity contribution is 5.92. The van der Waals surface area contributed by atoms with Gasteiger partial charge in [0.25, 0.3) is 0 Å². The van der Waals surface area contributed by atoms with Gasteiger partial charge in [0, 0.05) is 22.3 Å². The van der Waals surface area contributed by atoms with E-state index in [2.05, 4.69) is 152 Å². The average molecular weight is 731 g/mol. The summed E-state index contributed by atoms with van der Waals surface area (Å²) in [4.78, 5) is 9.98. The minimum Gasteiger partial charge on any atom is -0.449 e. The van der Waals surface area contributed by atoms with Gasteiger partial charge in [0.1, 0.15) is 0 Å². The van der Waals surface area contributed by atoms with Crippen molar-refractivity contribution in [3.05, 3.63) is 229 Å². The molecular weight excluding hydrogens is 697 g/mol. The summed E-state index contributed by atoms with van der Waals surface area (Å²) in [5.74, 6) is 3.51. The van der Waals surface area contributed by atoms with Gasteiger partial charge < -0.3 is 9.47 Å². The van der Waals surface area contributed by atoms with E-state index in [-0.39, 0.29) is 0 Å². The summed E-state index contributed by atoms with van der Waals surface area (Å²) in [6, 6.07) is 71.8. The minimum absolute atomic E-state index is 0.524. The first kappa shape index (κ1) is 32.8. The fourth-order valence-corrected chi connectivity index (χ4v) is 8.65. The predicted molar refractivity (Wildman–Crippen MR) is 228 cm³/mol. The highest BCUT2D eigenvalue weighted by Crippen LogP contribution is 2.62.